The van der Waals surface area contributed by atoms with E-state index in [0.29, 0.717) is 23.4 Å². The zero-order valence-corrected chi connectivity index (χ0v) is 16.2. The smallest absolute Gasteiger partial charge is 0.264 e. The van der Waals surface area contributed by atoms with E-state index >= 15 is 0 Å². The Morgan fingerprint density at radius 3 is 2.40 bits per heavy atom. The number of hydrogen-bond acceptors (Lipinski definition) is 5. The van der Waals surface area contributed by atoms with E-state index in [1.165, 1.54) is 6.20 Å². The topological polar surface area (TPSA) is 62.7 Å². The van der Waals surface area contributed by atoms with Crippen molar-refractivity contribution in [1.82, 2.24) is 4.98 Å². The first-order chi connectivity index (χ1) is 11.8. The van der Waals surface area contributed by atoms with Gasteiger partial charge in [-0.2, -0.15) is 0 Å². The van der Waals surface area contributed by atoms with Gasteiger partial charge in [-0.25, -0.2) is 0 Å². The highest BCUT2D eigenvalue weighted by atomic mass is 31.2. The third kappa shape index (κ3) is 4.91. The predicted octanol–water partition coefficient (Wildman–Crippen LogP) is 3.80. The average Bonchev–Trinajstić information content (AvgIpc) is 2.61. The number of rotatable bonds is 8. The summed E-state index contributed by atoms with van der Waals surface area (Å²) in [5.41, 5.74) is 1.49. The van der Waals surface area contributed by atoms with Gasteiger partial charge >= 0.3 is 0 Å². The van der Waals surface area contributed by atoms with Gasteiger partial charge in [-0.3, -0.25) is 9.55 Å². The molecular formula is C19H27N2O3P. The minimum atomic E-state index is -3.49. The summed E-state index contributed by atoms with van der Waals surface area (Å²) in [5, 5.41) is 11.3. The molecule has 0 saturated heterocycles. The van der Waals surface area contributed by atoms with Crippen molar-refractivity contribution in [1.29, 1.82) is 0 Å². The molecule has 1 aromatic heterocycles. The Bertz CT molecular complexity index is 702. The summed E-state index contributed by atoms with van der Waals surface area (Å²) in [6.07, 6.45) is 3.92. The summed E-state index contributed by atoms with van der Waals surface area (Å²) in [6.45, 7) is 4.50. The van der Waals surface area contributed by atoms with E-state index in [0.717, 1.165) is 12.1 Å². The Morgan fingerprint density at radius 2 is 1.88 bits per heavy atom. The first-order valence-electron chi connectivity index (χ1n) is 8.45. The molecule has 0 bridgehead atoms. The molecule has 6 heteroatoms. The lowest BCUT2D eigenvalue weighted by Gasteiger charge is -2.25. The second-order valence-corrected chi connectivity index (χ2v) is 9.14. The van der Waals surface area contributed by atoms with Crippen LogP contribution in [0.1, 0.15) is 31.7 Å². The molecule has 2 atom stereocenters. The highest BCUT2D eigenvalue weighted by Crippen LogP contribution is 2.57. The molecule has 1 aromatic carbocycles. The van der Waals surface area contributed by atoms with Crippen molar-refractivity contribution in [3.05, 3.63) is 54.4 Å². The van der Waals surface area contributed by atoms with Crippen LogP contribution in [0.5, 0.6) is 0 Å². The van der Waals surface area contributed by atoms with Crippen molar-refractivity contribution >= 4 is 18.4 Å². The summed E-state index contributed by atoms with van der Waals surface area (Å²) in [5.74, 6) is -0.807. The number of aliphatic hydroxyl groups excluding tert-OH is 1. The van der Waals surface area contributed by atoms with Crippen LogP contribution in [0.4, 0.5) is 5.69 Å². The molecule has 0 radical (unpaired) electrons. The average molecular weight is 362 g/mol. The van der Waals surface area contributed by atoms with E-state index in [2.05, 4.69) is 18.8 Å². The van der Waals surface area contributed by atoms with Gasteiger partial charge in [0.1, 0.15) is 0 Å². The van der Waals surface area contributed by atoms with E-state index in [1.54, 1.807) is 30.5 Å². The first-order valence-corrected chi connectivity index (χ1v) is 10.1. The fraction of sp³-hybridized carbons (Fsp3) is 0.421. The number of anilines is 1. The molecule has 1 heterocycles. The van der Waals surface area contributed by atoms with Crippen molar-refractivity contribution in [3.8, 4) is 0 Å². The lowest BCUT2D eigenvalue weighted by molar-refractivity contribution is 0.208. The van der Waals surface area contributed by atoms with E-state index < -0.39 is 13.2 Å². The Kier molecular flexibility index (Phi) is 6.77. The summed E-state index contributed by atoms with van der Waals surface area (Å²) in [6, 6.07) is 10.7. The molecule has 5 nitrogen and oxygen atoms in total. The molecule has 2 aromatic rings. The maximum Gasteiger partial charge on any atom is 0.264 e. The number of nitrogens with zero attached hydrogens (tertiary/aromatic N) is 2. The van der Waals surface area contributed by atoms with Gasteiger partial charge in [-0.1, -0.05) is 19.9 Å². The molecule has 0 unspecified atom stereocenters. The van der Waals surface area contributed by atoms with Crippen LogP contribution < -0.4 is 10.2 Å². The quantitative estimate of drug-likeness (QED) is 0.724. The van der Waals surface area contributed by atoms with Crippen LogP contribution in [-0.4, -0.2) is 30.8 Å². The molecular weight excluding hydrogens is 335 g/mol. The molecule has 25 heavy (non-hydrogen) atoms. The Balaban J connectivity index is 2.35. The van der Waals surface area contributed by atoms with Crippen molar-refractivity contribution in [2.75, 3.05) is 25.6 Å². The van der Waals surface area contributed by atoms with Crippen LogP contribution >= 0.6 is 7.37 Å². The minimum absolute atomic E-state index is 0.335. The second kappa shape index (κ2) is 8.61. The summed E-state index contributed by atoms with van der Waals surface area (Å²) >= 11 is 0. The molecule has 0 aliphatic carbocycles. The fourth-order valence-electron chi connectivity index (χ4n) is 2.39. The van der Waals surface area contributed by atoms with E-state index in [4.69, 9.17) is 4.52 Å². The van der Waals surface area contributed by atoms with Crippen LogP contribution in [0.2, 0.25) is 0 Å². The monoisotopic (exact) mass is 362 g/mol. The van der Waals surface area contributed by atoms with Gasteiger partial charge in [-0.15, -0.1) is 0 Å². The van der Waals surface area contributed by atoms with Crippen LogP contribution in [0.25, 0.3) is 0 Å². The predicted molar refractivity (Wildman–Crippen MR) is 103 cm³/mol. The highest BCUT2D eigenvalue weighted by molar-refractivity contribution is 7.67. The zero-order chi connectivity index (χ0) is 18.4. The number of aromatic nitrogens is 1. The van der Waals surface area contributed by atoms with Gasteiger partial charge in [0, 0.05) is 43.0 Å². The standard InChI is InChI=1S/C19H27N2O3P/c1-15(2)11-13-24-25(23,19(22)16-6-5-12-20-14-16)18-9-7-17(8-10-18)21(3)4/h5-10,12,14-15,19,22H,11,13H2,1-4H3/t19-,25+/m1/s1. The first kappa shape index (κ1) is 19.6. The normalized spacial score (nSPS) is 15.0. The fourth-order valence-corrected chi connectivity index (χ4v) is 4.45. The van der Waals surface area contributed by atoms with Crippen molar-refractivity contribution in [2.24, 2.45) is 5.92 Å². The molecule has 1 N–H and O–H groups in total. The molecule has 0 amide bonds. The lowest BCUT2D eigenvalue weighted by atomic mass is 10.2. The third-order valence-corrected chi connectivity index (χ3v) is 6.53. The van der Waals surface area contributed by atoms with Gasteiger partial charge in [-0.05, 0) is 42.7 Å². The molecule has 0 fully saturated rings. The summed E-state index contributed by atoms with van der Waals surface area (Å²) in [7, 11) is 0.391. The SMILES string of the molecule is CC(C)CCO[P@@](=O)(c1ccc(N(C)C)cc1)[C@@H](O)c1cccnc1. The summed E-state index contributed by atoms with van der Waals surface area (Å²) in [4.78, 5) is 5.98. The lowest BCUT2D eigenvalue weighted by Crippen LogP contribution is -2.17. The number of benzene rings is 1. The van der Waals surface area contributed by atoms with Crippen LogP contribution in [0, 0.1) is 5.92 Å². The number of aliphatic hydroxyl groups is 1. The van der Waals surface area contributed by atoms with Gasteiger partial charge < -0.3 is 14.5 Å². The van der Waals surface area contributed by atoms with Gasteiger partial charge in [0.05, 0.1) is 6.61 Å². The molecule has 0 aliphatic rings. The maximum absolute atomic E-state index is 13.7. The van der Waals surface area contributed by atoms with Crippen LogP contribution in [0.15, 0.2) is 48.8 Å². The van der Waals surface area contributed by atoms with Gasteiger partial charge in [0.25, 0.3) is 7.37 Å². The van der Waals surface area contributed by atoms with E-state index in [-0.39, 0.29) is 0 Å². The zero-order valence-electron chi connectivity index (χ0n) is 15.3. The highest BCUT2D eigenvalue weighted by Gasteiger charge is 2.36. The Labute approximate surface area is 150 Å². The molecule has 0 saturated carbocycles. The third-order valence-electron chi connectivity index (χ3n) is 4.01. The number of hydrogen-bond donors (Lipinski definition) is 1. The Hall–Kier alpha value is -1.68. The molecule has 136 valence electrons. The minimum Gasteiger partial charge on any atom is -0.378 e. The number of pyridine rings is 1. The van der Waals surface area contributed by atoms with Gasteiger partial charge in [0.2, 0.25) is 0 Å². The van der Waals surface area contributed by atoms with E-state index in [9.17, 15) is 9.67 Å². The summed E-state index contributed by atoms with van der Waals surface area (Å²) < 4.78 is 19.5. The molecule has 0 spiro atoms. The van der Waals surface area contributed by atoms with Crippen molar-refractivity contribution in [2.45, 2.75) is 26.1 Å². The van der Waals surface area contributed by atoms with Crippen LogP contribution in [-0.2, 0) is 9.09 Å². The maximum atomic E-state index is 13.7. The molecule has 2 rings (SSSR count). The largest absolute Gasteiger partial charge is 0.378 e. The second-order valence-electron chi connectivity index (χ2n) is 6.68. The molecule has 0 aliphatic heterocycles. The van der Waals surface area contributed by atoms with Crippen LogP contribution in [0.3, 0.4) is 0 Å². The van der Waals surface area contributed by atoms with Crippen molar-refractivity contribution in [3.63, 3.8) is 0 Å². The van der Waals surface area contributed by atoms with Crippen molar-refractivity contribution < 1.29 is 14.2 Å². The van der Waals surface area contributed by atoms with E-state index in [1.807, 2.05) is 31.1 Å². The Morgan fingerprint density at radius 1 is 1.20 bits per heavy atom. The van der Waals surface area contributed by atoms with Gasteiger partial charge in [0.15, 0.2) is 5.85 Å².